The lowest BCUT2D eigenvalue weighted by atomic mass is 10.2. The minimum atomic E-state index is -1.20. The fourth-order valence-electron chi connectivity index (χ4n) is 3.57. The summed E-state index contributed by atoms with van der Waals surface area (Å²) in [4.78, 5) is 52.2. The van der Waals surface area contributed by atoms with Crippen LogP contribution in [0.3, 0.4) is 0 Å². The summed E-state index contributed by atoms with van der Waals surface area (Å²) in [6, 6.07) is 8.36. The maximum atomic E-state index is 13.2. The van der Waals surface area contributed by atoms with Gasteiger partial charge in [0.1, 0.15) is 11.8 Å². The Kier molecular flexibility index (Phi) is 6.86. The van der Waals surface area contributed by atoms with Gasteiger partial charge in [-0.1, -0.05) is 6.07 Å². The Morgan fingerprint density at radius 3 is 2.21 bits per heavy atom. The fraction of sp³-hybridized carbons (Fsp3) is 0.304. The molecule has 33 heavy (non-hydrogen) atoms. The van der Waals surface area contributed by atoms with Crippen molar-refractivity contribution in [1.29, 1.82) is 0 Å². The van der Waals surface area contributed by atoms with Crippen LogP contribution in [0.15, 0.2) is 36.4 Å². The van der Waals surface area contributed by atoms with Crippen LogP contribution in [-0.4, -0.2) is 56.0 Å². The van der Waals surface area contributed by atoms with E-state index in [9.17, 15) is 19.2 Å². The van der Waals surface area contributed by atoms with Crippen molar-refractivity contribution in [2.24, 2.45) is 0 Å². The molecule has 1 heterocycles. The van der Waals surface area contributed by atoms with E-state index in [1.807, 2.05) is 6.92 Å². The van der Waals surface area contributed by atoms with Crippen molar-refractivity contribution in [2.75, 3.05) is 26.2 Å². The van der Waals surface area contributed by atoms with Crippen LogP contribution in [0.1, 0.15) is 29.3 Å². The van der Waals surface area contributed by atoms with E-state index in [-0.39, 0.29) is 17.7 Å². The zero-order chi connectivity index (χ0) is 24.3. The van der Waals surface area contributed by atoms with Gasteiger partial charge in [-0.05, 0) is 42.8 Å². The Hall–Kier alpha value is -4.08. The van der Waals surface area contributed by atoms with Crippen LogP contribution in [0.4, 0.5) is 5.69 Å². The second-order valence-corrected chi connectivity index (χ2v) is 7.36. The highest BCUT2D eigenvalue weighted by atomic mass is 16.5. The molecule has 2 aromatic rings. The predicted molar refractivity (Wildman–Crippen MR) is 118 cm³/mol. The average molecular weight is 455 g/mol. The van der Waals surface area contributed by atoms with Crippen molar-refractivity contribution in [3.63, 3.8) is 0 Å². The topological polar surface area (TPSA) is 114 Å². The highest BCUT2D eigenvalue weighted by Gasteiger charge is 2.45. The van der Waals surface area contributed by atoms with Crippen molar-refractivity contribution >= 4 is 29.3 Å². The number of nitrogens with one attached hydrogen (secondary N) is 1. The first-order valence-electron chi connectivity index (χ1n) is 10.1. The number of ether oxygens (including phenoxy) is 3. The van der Waals surface area contributed by atoms with Gasteiger partial charge in [-0.2, -0.15) is 0 Å². The van der Waals surface area contributed by atoms with Crippen molar-refractivity contribution in [3.05, 3.63) is 47.5 Å². The molecule has 10 nitrogen and oxygen atoms in total. The van der Waals surface area contributed by atoms with Gasteiger partial charge in [-0.15, -0.1) is 0 Å². The van der Waals surface area contributed by atoms with E-state index in [1.54, 1.807) is 24.3 Å². The molecule has 0 bridgehead atoms. The van der Waals surface area contributed by atoms with Gasteiger partial charge in [0.15, 0.2) is 11.5 Å². The SMILES string of the molecule is COc1ccc(C(=O)NN(C(C)=O)C2CC(=O)N(c3cc(C)ccc3OC)C2=O)cc1OC. The summed E-state index contributed by atoms with van der Waals surface area (Å²) in [6.07, 6.45) is -0.290. The molecule has 1 aliphatic rings. The third-order valence-electron chi connectivity index (χ3n) is 5.22. The summed E-state index contributed by atoms with van der Waals surface area (Å²) in [5.74, 6) is -1.33. The Balaban J connectivity index is 1.88. The second kappa shape index (κ2) is 9.60. The highest BCUT2D eigenvalue weighted by Crippen LogP contribution is 2.34. The molecule has 2 aromatic carbocycles. The number of rotatable bonds is 6. The van der Waals surface area contributed by atoms with Gasteiger partial charge < -0.3 is 14.2 Å². The number of imide groups is 1. The van der Waals surface area contributed by atoms with E-state index < -0.39 is 29.7 Å². The minimum Gasteiger partial charge on any atom is -0.495 e. The highest BCUT2D eigenvalue weighted by molar-refractivity contribution is 6.23. The molecule has 1 fully saturated rings. The van der Waals surface area contributed by atoms with Crippen LogP contribution < -0.4 is 24.5 Å². The third-order valence-corrected chi connectivity index (χ3v) is 5.22. The molecular formula is C23H25N3O7. The Morgan fingerprint density at radius 2 is 1.61 bits per heavy atom. The normalized spacial score (nSPS) is 15.3. The van der Waals surface area contributed by atoms with Crippen LogP contribution in [0, 0.1) is 6.92 Å². The molecule has 0 saturated carbocycles. The van der Waals surface area contributed by atoms with Gasteiger partial charge in [-0.3, -0.25) is 24.6 Å². The number of carbonyl (C=O) groups excluding carboxylic acids is 4. The molecule has 174 valence electrons. The number of hydrazine groups is 1. The third kappa shape index (κ3) is 4.59. The molecule has 0 spiro atoms. The van der Waals surface area contributed by atoms with Gasteiger partial charge in [0.2, 0.25) is 11.8 Å². The summed E-state index contributed by atoms with van der Waals surface area (Å²) < 4.78 is 15.7. The van der Waals surface area contributed by atoms with Crippen molar-refractivity contribution in [1.82, 2.24) is 10.4 Å². The molecule has 0 aliphatic carbocycles. The Bertz CT molecular complexity index is 1120. The van der Waals surface area contributed by atoms with Crippen LogP contribution in [0.25, 0.3) is 0 Å². The van der Waals surface area contributed by atoms with Gasteiger partial charge in [-0.25, -0.2) is 9.91 Å². The predicted octanol–water partition coefficient (Wildman–Crippen LogP) is 1.85. The van der Waals surface area contributed by atoms with Crippen LogP contribution >= 0.6 is 0 Å². The number of methoxy groups -OCH3 is 3. The van der Waals surface area contributed by atoms with Crippen molar-refractivity contribution < 1.29 is 33.4 Å². The quantitative estimate of drug-likeness (QED) is 0.522. The van der Waals surface area contributed by atoms with E-state index >= 15 is 0 Å². The first-order valence-corrected chi connectivity index (χ1v) is 10.1. The van der Waals surface area contributed by atoms with Gasteiger partial charge >= 0.3 is 0 Å². The smallest absolute Gasteiger partial charge is 0.270 e. The number of benzene rings is 2. The fourth-order valence-corrected chi connectivity index (χ4v) is 3.57. The average Bonchev–Trinajstić information content (AvgIpc) is 3.09. The number of hydrogen-bond acceptors (Lipinski definition) is 7. The van der Waals surface area contributed by atoms with E-state index in [2.05, 4.69) is 5.43 Å². The number of hydrogen-bond donors (Lipinski definition) is 1. The first-order chi connectivity index (χ1) is 15.7. The Labute approximate surface area is 191 Å². The van der Waals surface area contributed by atoms with Crippen molar-refractivity contribution in [2.45, 2.75) is 26.3 Å². The lowest BCUT2D eigenvalue weighted by Crippen LogP contribution is -2.54. The molecule has 4 amide bonds. The molecule has 1 saturated heterocycles. The summed E-state index contributed by atoms with van der Waals surface area (Å²) in [5.41, 5.74) is 3.72. The minimum absolute atomic E-state index is 0.174. The molecular weight excluding hydrogens is 430 g/mol. The second-order valence-electron chi connectivity index (χ2n) is 7.36. The first kappa shape index (κ1) is 23.6. The zero-order valence-electron chi connectivity index (χ0n) is 19.0. The summed E-state index contributed by atoms with van der Waals surface area (Å²) in [6.45, 7) is 3.01. The number of aryl methyl sites for hydroxylation is 1. The summed E-state index contributed by atoms with van der Waals surface area (Å²) >= 11 is 0. The van der Waals surface area contributed by atoms with E-state index in [1.165, 1.54) is 40.4 Å². The number of carbonyl (C=O) groups is 4. The zero-order valence-corrected chi connectivity index (χ0v) is 19.0. The molecule has 1 unspecified atom stereocenters. The molecule has 1 N–H and O–H groups in total. The Morgan fingerprint density at radius 1 is 0.970 bits per heavy atom. The summed E-state index contributed by atoms with van der Waals surface area (Å²) in [5, 5.41) is 0.877. The van der Waals surface area contributed by atoms with E-state index in [0.717, 1.165) is 15.5 Å². The maximum absolute atomic E-state index is 13.2. The molecule has 0 radical (unpaired) electrons. The van der Waals surface area contributed by atoms with E-state index in [4.69, 9.17) is 14.2 Å². The molecule has 0 aromatic heterocycles. The van der Waals surface area contributed by atoms with Gasteiger partial charge in [0.25, 0.3) is 11.8 Å². The molecule has 1 aliphatic heterocycles. The summed E-state index contributed by atoms with van der Waals surface area (Å²) in [7, 11) is 4.33. The van der Waals surface area contributed by atoms with Gasteiger partial charge in [0.05, 0.1) is 33.4 Å². The van der Waals surface area contributed by atoms with Crippen LogP contribution in [0.2, 0.25) is 0 Å². The standard InChI is InChI=1S/C23H25N3O7/c1-13-6-8-18(31-3)16(10-13)25-21(28)12-17(23(25)30)26(14(2)27)24-22(29)15-7-9-19(32-4)20(11-15)33-5/h6-11,17H,12H2,1-5H3,(H,24,29). The maximum Gasteiger partial charge on any atom is 0.270 e. The number of nitrogens with zero attached hydrogens (tertiary/aromatic N) is 2. The monoisotopic (exact) mass is 455 g/mol. The van der Waals surface area contributed by atoms with Crippen LogP contribution in [0.5, 0.6) is 17.2 Å². The molecule has 10 heteroatoms. The van der Waals surface area contributed by atoms with Crippen molar-refractivity contribution in [3.8, 4) is 17.2 Å². The molecule has 1 atom stereocenters. The molecule has 3 rings (SSSR count). The van der Waals surface area contributed by atoms with Crippen LogP contribution in [-0.2, 0) is 14.4 Å². The largest absolute Gasteiger partial charge is 0.495 e. The lowest BCUT2D eigenvalue weighted by molar-refractivity contribution is -0.139. The van der Waals surface area contributed by atoms with Gasteiger partial charge in [0, 0.05) is 12.5 Å². The van der Waals surface area contributed by atoms with E-state index in [0.29, 0.717) is 17.2 Å². The lowest BCUT2D eigenvalue weighted by Gasteiger charge is -2.27. The number of anilines is 1. The number of amides is 4.